The summed E-state index contributed by atoms with van der Waals surface area (Å²) in [6, 6.07) is 5.20. The van der Waals surface area contributed by atoms with Gasteiger partial charge in [-0.05, 0) is 48.0 Å². The topological polar surface area (TPSA) is 105 Å². The predicted molar refractivity (Wildman–Crippen MR) is 98.8 cm³/mol. The van der Waals surface area contributed by atoms with Gasteiger partial charge in [0.25, 0.3) is 5.78 Å². The second kappa shape index (κ2) is 6.89. The first-order valence-corrected chi connectivity index (χ1v) is 8.66. The van der Waals surface area contributed by atoms with Gasteiger partial charge in [-0.2, -0.15) is 10.1 Å². The van der Waals surface area contributed by atoms with Crippen molar-refractivity contribution in [2.45, 2.75) is 13.8 Å². The van der Waals surface area contributed by atoms with Crippen molar-refractivity contribution in [3.8, 4) is 5.75 Å². The maximum absolute atomic E-state index is 12.1. The minimum atomic E-state index is -0.577. The molecule has 0 saturated heterocycles. The van der Waals surface area contributed by atoms with Crippen molar-refractivity contribution in [3.63, 3.8) is 0 Å². The molecule has 1 aromatic carbocycles. The smallest absolute Gasteiger partial charge is 0.311 e. The number of benzene rings is 1. The number of hydrazone groups is 1. The lowest BCUT2D eigenvalue weighted by Crippen LogP contribution is -2.19. The van der Waals surface area contributed by atoms with Crippen LogP contribution < -0.4 is 5.43 Å². The number of aromatic nitrogens is 4. The first kappa shape index (κ1) is 17.5. The third kappa shape index (κ3) is 3.69. The van der Waals surface area contributed by atoms with Gasteiger partial charge in [-0.15, -0.1) is 5.10 Å². The number of hydrogen-bond donors (Lipinski definition) is 2. The number of phenols is 1. The van der Waals surface area contributed by atoms with E-state index < -0.39 is 5.91 Å². The molecule has 2 N–H and O–H groups in total. The van der Waals surface area contributed by atoms with Crippen molar-refractivity contribution >= 4 is 49.8 Å². The van der Waals surface area contributed by atoms with Crippen LogP contribution in [0.4, 0.5) is 0 Å². The summed E-state index contributed by atoms with van der Waals surface area (Å²) in [4.78, 5) is 20.5. The summed E-state index contributed by atoms with van der Waals surface area (Å²) in [5, 5.41) is 17.9. The van der Waals surface area contributed by atoms with Crippen LogP contribution in [0.25, 0.3) is 5.78 Å². The summed E-state index contributed by atoms with van der Waals surface area (Å²) in [6.07, 6.45) is 1.33. The maximum Gasteiger partial charge on any atom is 0.311 e. The monoisotopic (exact) mass is 466 g/mol. The summed E-state index contributed by atoms with van der Waals surface area (Å²) in [6.45, 7) is 3.69. The first-order valence-electron chi connectivity index (χ1n) is 7.07. The standard InChI is InChI=1S/C15H12Br2N6O2/c1-7-3-8(2)23-15(19-7)20-13(22-23)14(25)21-18-6-9-4-10(16)5-11(17)12(9)24/h3-6,24H,1-2H3,(H,21,25). The maximum atomic E-state index is 12.1. The predicted octanol–water partition coefficient (Wildman–Crippen LogP) is 2.74. The average Bonchev–Trinajstić information content (AvgIpc) is 2.96. The van der Waals surface area contributed by atoms with Gasteiger partial charge in [0.05, 0.1) is 10.7 Å². The molecule has 2 heterocycles. The van der Waals surface area contributed by atoms with Crippen LogP contribution in [-0.4, -0.2) is 36.8 Å². The minimum absolute atomic E-state index is 0.0161. The van der Waals surface area contributed by atoms with E-state index in [0.29, 0.717) is 15.8 Å². The zero-order valence-corrected chi connectivity index (χ0v) is 16.3. The Morgan fingerprint density at radius 2 is 2.04 bits per heavy atom. The number of rotatable bonds is 3. The highest BCUT2D eigenvalue weighted by Crippen LogP contribution is 2.30. The van der Waals surface area contributed by atoms with Crippen molar-refractivity contribution in [1.29, 1.82) is 0 Å². The van der Waals surface area contributed by atoms with E-state index in [4.69, 9.17) is 0 Å². The van der Waals surface area contributed by atoms with Crippen LogP contribution >= 0.6 is 31.9 Å². The molecule has 25 heavy (non-hydrogen) atoms. The molecule has 0 atom stereocenters. The van der Waals surface area contributed by atoms with E-state index in [9.17, 15) is 9.90 Å². The highest BCUT2D eigenvalue weighted by molar-refractivity contribution is 9.11. The molecule has 0 unspecified atom stereocenters. The minimum Gasteiger partial charge on any atom is -0.506 e. The van der Waals surface area contributed by atoms with Gasteiger partial charge in [0.2, 0.25) is 5.82 Å². The van der Waals surface area contributed by atoms with Crippen molar-refractivity contribution in [3.05, 3.63) is 49.9 Å². The van der Waals surface area contributed by atoms with Crippen LogP contribution in [0.3, 0.4) is 0 Å². The molecule has 0 aliphatic heterocycles. The molecule has 3 rings (SSSR count). The second-order valence-corrected chi connectivity index (χ2v) is 6.98. The van der Waals surface area contributed by atoms with E-state index in [1.54, 1.807) is 12.1 Å². The third-order valence-electron chi connectivity index (χ3n) is 3.25. The van der Waals surface area contributed by atoms with Crippen LogP contribution in [0, 0.1) is 13.8 Å². The van der Waals surface area contributed by atoms with Crippen LogP contribution in [0.15, 0.2) is 32.2 Å². The van der Waals surface area contributed by atoms with Gasteiger partial charge >= 0.3 is 5.91 Å². The molecule has 0 aliphatic rings. The summed E-state index contributed by atoms with van der Waals surface area (Å²) >= 11 is 6.54. The molecule has 0 aliphatic carbocycles. The van der Waals surface area contributed by atoms with E-state index >= 15 is 0 Å². The molecule has 1 amide bonds. The Labute approximate surface area is 159 Å². The molecule has 3 aromatic rings. The fourth-order valence-corrected chi connectivity index (χ4v) is 3.42. The zero-order valence-electron chi connectivity index (χ0n) is 13.2. The summed E-state index contributed by atoms with van der Waals surface area (Å²) < 4.78 is 2.75. The Balaban J connectivity index is 1.80. The van der Waals surface area contributed by atoms with Gasteiger partial charge in [0.1, 0.15) is 5.75 Å². The molecule has 128 valence electrons. The number of amides is 1. The molecule has 8 nitrogen and oxygen atoms in total. The van der Waals surface area contributed by atoms with Crippen molar-refractivity contribution in [1.82, 2.24) is 25.0 Å². The number of nitrogens with zero attached hydrogens (tertiary/aromatic N) is 5. The molecule has 0 radical (unpaired) electrons. The van der Waals surface area contributed by atoms with E-state index in [1.807, 2.05) is 19.9 Å². The molecule has 0 fully saturated rings. The SMILES string of the molecule is Cc1cc(C)n2nc(C(=O)NN=Cc3cc(Br)cc(Br)c3O)nc2n1. The van der Waals surface area contributed by atoms with Crippen LogP contribution in [0.5, 0.6) is 5.75 Å². The number of fused-ring (bicyclic) bond motifs is 1. The highest BCUT2D eigenvalue weighted by Gasteiger charge is 2.14. The summed E-state index contributed by atoms with van der Waals surface area (Å²) in [7, 11) is 0. The lowest BCUT2D eigenvalue weighted by atomic mass is 10.2. The van der Waals surface area contributed by atoms with Crippen LogP contribution in [0.2, 0.25) is 0 Å². The Hall–Kier alpha value is -2.33. The van der Waals surface area contributed by atoms with E-state index in [-0.39, 0.29) is 11.6 Å². The number of carbonyl (C=O) groups excluding carboxylic acids is 1. The number of phenolic OH excluding ortho intramolecular Hbond substituents is 1. The number of carbonyl (C=O) groups is 1. The van der Waals surface area contributed by atoms with Gasteiger partial charge in [0, 0.05) is 21.4 Å². The largest absolute Gasteiger partial charge is 0.506 e. The lowest BCUT2D eigenvalue weighted by molar-refractivity contribution is 0.0945. The third-order valence-corrected chi connectivity index (χ3v) is 4.31. The average molecular weight is 468 g/mol. The van der Waals surface area contributed by atoms with E-state index in [2.05, 4.69) is 57.5 Å². The lowest BCUT2D eigenvalue weighted by Gasteiger charge is -2.02. The fourth-order valence-electron chi connectivity index (χ4n) is 2.16. The fraction of sp³-hybridized carbons (Fsp3) is 0.133. The first-order chi connectivity index (χ1) is 11.8. The number of nitrogens with one attached hydrogen (secondary N) is 1. The summed E-state index contributed by atoms with van der Waals surface area (Å²) in [5.74, 6) is -0.257. The number of aryl methyl sites for hydroxylation is 2. The molecule has 10 heteroatoms. The zero-order chi connectivity index (χ0) is 18.1. The Kier molecular flexibility index (Phi) is 4.82. The van der Waals surface area contributed by atoms with Gasteiger partial charge in [0.15, 0.2) is 0 Å². The van der Waals surface area contributed by atoms with Crippen LogP contribution in [0.1, 0.15) is 27.6 Å². The summed E-state index contributed by atoms with van der Waals surface area (Å²) in [5.41, 5.74) is 4.37. The molecule has 0 spiro atoms. The van der Waals surface area contributed by atoms with Gasteiger partial charge < -0.3 is 5.11 Å². The van der Waals surface area contributed by atoms with Gasteiger partial charge in [-0.1, -0.05) is 15.9 Å². The highest BCUT2D eigenvalue weighted by atomic mass is 79.9. The molecular formula is C15H12Br2N6O2. The quantitative estimate of drug-likeness (QED) is 0.455. The van der Waals surface area contributed by atoms with Gasteiger partial charge in [-0.3, -0.25) is 4.79 Å². The molecule has 0 bridgehead atoms. The van der Waals surface area contributed by atoms with E-state index in [0.717, 1.165) is 15.9 Å². The van der Waals surface area contributed by atoms with Gasteiger partial charge in [-0.25, -0.2) is 14.9 Å². The Morgan fingerprint density at radius 1 is 1.28 bits per heavy atom. The normalized spacial score (nSPS) is 11.4. The van der Waals surface area contributed by atoms with Crippen LogP contribution in [-0.2, 0) is 0 Å². The van der Waals surface area contributed by atoms with E-state index in [1.165, 1.54) is 10.7 Å². The number of halogens is 2. The number of aromatic hydroxyl groups is 1. The van der Waals surface area contributed by atoms with Crippen molar-refractivity contribution < 1.29 is 9.90 Å². The van der Waals surface area contributed by atoms with Crippen molar-refractivity contribution in [2.75, 3.05) is 0 Å². The molecule has 0 saturated carbocycles. The number of hydrogen-bond acceptors (Lipinski definition) is 6. The molecular weight excluding hydrogens is 456 g/mol. The Morgan fingerprint density at radius 3 is 2.80 bits per heavy atom. The second-order valence-electron chi connectivity index (χ2n) is 5.21. The van der Waals surface area contributed by atoms with Crippen molar-refractivity contribution in [2.24, 2.45) is 5.10 Å². The molecule has 2 aromatic heterocycles. The Bertz CT molecular complexity index is 1010.